The number of esters is 1. The van der Waals surface area contributed by atoms with Crippen LogP contribution in [0, 0.1) is 5.82 Å². The Bertz CT molecular complexity index is 576. The van der Waals surface area contributed by atoms with Crippen LogP contribution in [-0.4, -0.2) is 22.8 Å². The average molecular weight is 237 g/mol. The lowest BCUT2D eigenvalue weighted by Crippen LogP contribution is -2.16. The van der Waals surface area contributed by atoms with Gasteiger partial charge in [0.05, 0.1) is 18.3 Å². The van der Waals surface area contributed by atoms with Crippen LogP contribution < -0.4 is 0 Å². The summed E-state index contributed by atoms with van der Waals surface area (Å²) in [6, 6.07) is 6.07. The number of carbonyl (C=O) groups is 1. The van der Waals surface area contributed by atoms with Crippen LogP contribution in [0.25, 0.3) is 10.9 Å². The zero-order valence-corrected chi connectivity index (χ0v) is 9.48. The van der Waals surface area contributed by atoms with Crippen molar-refractivity contribution in [2.24, 2.45) is 7.05 Å². The van der Waals surface area contributed by atoms with Crippen molar-refractivity contribution in [1.29, 1.82) is 0 Å². The molecule has 0 amide bonds. The summed E-state index contributed by atoms with van der Waals surface area (Å²) in [5.41, 5.74) is 0.917. The first-order valence-corrected chi connectivity index (χ1v) is 5.06. The molecule has 4 nitrogen and oxygen atoms in total. The zero-order valence-electron chi connectivity index (χ0n) is 9.48. The second kappa shape index (κ2) is 4.18. The summed E-state index contributed by atoms with van der Waals surface area (Å²) < 4.78 is 19.5. The lowest BCUT2D eigenvalue weighted by Gasteiger charge is -2.09. The van der Waals surface area contributed by atoms with Gasteiger partial charge in [-0.25, -0.2) is 9.18 Å². The highest BCUT2D eigenvalue weighted by Crippen LogP contribution is 2.25. The minimum atomic E-state index is -1.41. The third kappa shape index (κ3) is 1.78. The second-order valence-corrected chi connectivity index (χ2v) is 3.73. The molecule has 0 aliphatic rings. The van der Waals surface area contributed by atoms with Crippen LogP contribution in [0.1, 0.15) is 11.8 Å². The number of nitrogens with zero attached hydrogens (tertiary/aromatic N) is 1. The normalized spacial score (nSPS) is 12.7. The Kier molecular flexibility index (Phi) is 2.85. The van der Waals surface area contributed by atoms with Crippen molar-refractivity contribution in [3.05, 3.63) is 35.8 Å². The number of aliphatic hydroxyl groups excluding tert-OH is 1. The molecule has 17 heavy (non-hydrogen) atoms. The summed E-state index contributed by atoms with van der Waals surface area (Å²) >= 11 is 0. The summed E-state index contributed by atoms with van der Waals surface area (Å²) in [4.78, 5) is 11.2. The molecule has 0 aliphatic carbocycles. The number of carbonyl (C=O) groups excluding carboxylic acids is 1. The molecule has 0 bridgehead atoms. The third-order valence-corrected chi connectivity index (χ3v) is 2.78. The molecule has 90 valence electrons. The van der Waals surface area contributed by atoms with Gasteiger partial charge in [-0.05, 0) is 18.2 Å². The van der Waals surface area contributed by atoms with Crippen LogP contribution in [0.15, 0.2) is 24.3 Å². The molecular formula is C12H12FNO3. The van der Waals surface area contributed by atoms with Crippen LogP contribution in [0.4, 0.5) is 4.39 Å². The summed E-state index contributed by atoms with van der Waals surface area (Å²) in [6.45, 7) is 0. The summed E-state index contributed by atoms with van der Waals surface area (Å²) in [7, 11) is 2.85. The summed E-state index contributed by atoms with van der Waals surface area (Å²) in [6.07, 6.45) is -1.41. The quantitative estimate of drug-likeness (QED) is 0.806. The molecule has 0 fully saturated rings. The second-order valence-electron chi connectivity index (χ2n) is 3.73. The molecule has 1 aromatic heterocycles. The summed E-state index contributed by atoms with van der Waals surface area (Å²) in [5, 5.41) is 10.1. The van der Waals surface area contributed by atoms with Gasteiger partial charge >= 0.3 is 5.97 Å². The molecule has 0 aliphatic heterocycles. The van der Waals surface area contributed by atoms with E-state index in [0.29, 0.717) is 16.6 Å². The highest BCUT2D eigenvalue weighted by molar-refractivity contribution is 5.85. The molecule has 2 rings (SSSR count). The van der Waals surface area contributed by atoms with Gasteiger partial charge < -0.3 is 14.4 Å². The topological polar surface area (TPSA) is 51.5 Å². The zero-order chi connectivity index (χ0) is 12.6. The van der Waals surface area contributed by atoms with E-state index in [-0.39, 0.29) is 5.82 Å². The fourth-order valence-electron chi connectivity index (χ4n) is 1.84. The average Bonchev–Trinajstić information content (AvgIpc) is 2.67. The number of halogens is 1. The van der Waals surface area contributed by atoms with Crippen LogP contribution in [0.3, 0.4) is 0 Å². The van der Waals surface area contributed by atoms with Crippen molar-refractivity contribution in [2.75, 3.05) is 7.11 Å². The fraction of sp³-hybridized carbons (Fsp3) is 0.250. The Hall–Kier alpha value is -1.88. The minimum Gasteiger partial charge on any atom is -0.467 e. The maximum absolute atomic E-state index is 13.5. The lowest BCUT2D eigenvalue weighted by molar-refractivity contribution is -0.151. The van der Waals surface area contributed by atoms with Crippen molar-refractivity contribution in [1.82, 2.24) is 4.57 Å². The van der Waals surface area contributed by atoms with Crippen LogP contribution in [0.5, 0.6) is 0 Å². The molecule has 1 unspecified atom stereocenters. The first kappa shape index (κ1) is 11.6. The highest BCUT2D eigenvalue weighted by Gasteiger charge is 2.22. The van der Waals surface area contributed by atoms with E-state index in [1.165, 1.54) is 19.2 Å². The van der Waals surface area contributed by atoms with Gasteiger partial charge in [0.1, 0.15) is 5.82 Å². The maximum Gasteiger partial charge on any atom is 0.340 e. The standard InChI is InChI=1S/C12H12FNO3/c1-14-9-5-3-4-8(13)7(9)6-10(14)11(15)12(16)17-2/h3-6,11,15H,1-2H3. The van der Waals surface area contributed by atoms with Gasteiger partial charge in [0, 0.05) is 12.4 Å². The van der Waals surface area contributed by atoms with E-state index in [4.69, 9.17) is 0 Å². The summed E-state index contributed by atoms with van der Waals surface area (Å²) in [5.74, 6) is -1.15. The molecule has 1 N–H and O–H groups in total. The number of rotatable bonds is 2. The van der Waals surface area contributed by atoms with Crippen LogP contribution >= 0.6 is 0 Å². The monoisotopic (exact) mass is 237 g/mol. The van der Waals surface area contributed by atoms with Crippen LogP contribution in [-0.2, 0) is 16.6 Å². The SMILES string of the molecule is COC(=O)C(O)c1cc2c(F)cccc2n1C. The smallest absolute Gasteiger partial charge is 0.340 e. The predicted molar refractivity (Wildman–Crippen MR) is 59.9 cm³/mol. The number of methoxy groups -OCH3 is 1. The van der Waals surface area contributed by atoms with E-state index < -0.39 is 12.1 Å². The molecule has 0 radical (unpaired) electrons. The van der Waals surface area contributed by atoms with Crippen molar-refractivity contribution in [3.8, 4) is 0 Å². The molecule has 0 spiro atoms. The van der Waals surface area contributed by atoms with Crippen LogP contribution in [0.2, 0.25) is 0 Å². The molecule has 5 heteroatoms. The van der Waals surface area contributed by atoms with Gasteiger partial charge in [-0.15, -0.1) is 0 Å². The minimum absolute atomic E-state index is 0.303. The first-order valence-electron chi connectivity index (χ1n) is 5.06. The molecule has 2 aromatic rings. The van der Waals surface area contributed by atoms with Crippen molar-refractivity contribution < 1.29 is 19.0 Å². The van der Waals surface area contributed by atoms with Crippen molar-refractivity contribution >= 4 is 16.9 Å². The van der Waals surface area contributed by atoms with Crippen molar-refractivity contribution in [2.45, 2.75) is 6.10 Å². The number of ether oxygens (including phenoxy) is 1. The molecule has 1 heterocycles. The number of hydrogen-bond donors (Lipinski definition) is 1. The number of benzene rings is 1. The molecule has 0 saturated heterocycles. The van der Waals surface area contributed by atoms with E-state index in [0.717, 1.165) is 0 Å². The molecule has 0 saturated carbocycles. The van der Waals surface area contributed by atoms with Gasteiger partial charge in [0.2, 0.25) is 0 Å². The van der Waals surface area contributed by atoms with E-state index in [1.807, 2.05) is 0 Å². The first-order chi connectivity index (χ1) is 8.06. The van der Waals surface area contributed by atoms with Gasteiger partial charge in [-0.1, -0.05) is 6.07 Å². The fourth-order valence-corrected chi connectivity index (χ4v) is 1.84. The highest BCUT2D eigenvalue weighted by atomic mass is 19.1. The van der Waals surface area contributed by atoms with Crippen molar-refractivity contribution in [3.63, 3.8) is 0 Å². The number of fused-ring (bicyclic) bond motifs is 1. The molecule has 1 aromatic carbocycles. The largest absolute Gasteiger partial charge is 0.467 e. The Morgan fingerprint density at radius 3 is 2.82 bits per heavy atom. The number of aromatic nitrogens is 1. The Morgan fingerprint density at radius 1 is 1.53 bits per heavy atom. The third-order valence-electron chi connectivity index (χ3n) is 2.78. The lowest BCUT2D eigenvalue weighted by atomic mass is 10.2. The van der Waals surface area contributed by atoms with E-state index >= 15 is 0 Å². The maximum atomic E-state index is 13.5. The molecular weight excluding hydrogens is 225 g/mol. The van der Waals surface area contributed by atoms with Gasteiger partial charge in [0.15, 0.2) is 6.10 Å². The van der Waals surface area contributed by atoms with Gasteiger partial charge in [0.25, 0.3) is 0 Å². The van der Waals surface area contributed by atoms with E-state index in [2.05, 4.69) is 4.74 Å². The Balaban J connectivity index is 2.60. The molecule has 1 atom stereocenters. The Labute approximate surface area is 97.2 Å². The Morgan fingerprint density at radius 2 is 2.24 bits per heavy atom. The predicted octanol–water partition coefficient (Wildman–Crippen LogP) is 1.52. The van der Waals surface area contributed by atoms with Gasteiger partial charge in [-0.3, -0.25) is 0 Å². The van der Waals surface area contributed by atoms with Gasteiger partial charge in [-0.2, -0.15) is 0 Å². The van der Waals surface area contributed by atoms with E-state index in [1.54, 1.807) is 23.7 Å². The number of aliphatic hydroxyl groups is 1. The number of hydrogen-bond acceptors (Lipinski definition) is 3. The number of aryl methyl sites for hydroxylation is 1. The van der Waals surface area contributed by atoms with E-state index in [9.17, 15) is 14.3 Å².